The van der Waals surface area contributed by atoms with E-state index in [-0.39, 0.29) is 0 Å². The van der Waals surface area contributed by atoms with E-state index in [1.54, 1.807) is 11.3 Å². The van der Waals surface area contributed by atoms with Crippen LogP contribution in [-0.2, 0) is 13.1 Å². The van der Waals surface area contributed by atoms with Crippen LogP contribution in [0.4, 0.5) is 0 Å². The smallest absolute Gasteiger partial charge is 0.177 e. The van der Waals surface area contributed by atoms with Crippen LogP contribution >= 0.6 is 11.3 Å². The van der Waals surface area contributed by atoms with Gasteiger partial charge in [0.15, 0.2) is 5.76 Å². The van der Waals surface area contributed by atoms with Crippen molar-refractivity contribution in [2.75, 3.05) is 6.54 Å². The van der Waals surface area contributed by atoms with Gasteiger partial charge >= 0.3 is 0 Å². The third-order valence-electron chi connectivity index (χ3n) is 5.24. The van der Waals surface area contributed by atoms with Crippen molar-refractivity contribution in [2.24, 2.45) is 0 Å². The second-order valence-corrected chi connectivity index (χ2v) is 7.97. The molecule has 3 aromatic rings. The minimum Gasteiger partial charge on any atom is -0.355 e. The van der Waals surface area contributed by atoms with E-state index in [1.807, 2.05) is 10.7 Å². The van der Waals surface area contributed by atoms with Crippen molar-refractivity contribution in [1.82, 2.24) is 19.8 Å². The maximum Gasteiger partial charge on any atom is 0.177 e. The number of rotatable bonds is 5. The maximum atomic E-state index is 5.66. The average Bonchev–Trinajstić information content (AvgIpc) is 3.36. The molecule has 0 spiro atoms. The van der Waals surface area contributed by atoms with Gasteiger partial charge in [0, 0.05) is 30.9 Å². The molecule has 1 aliphatic heterocycles. The molecule has 0 amide bonds. The lowest BCUT2D eigenvalue weighted by Gasteiger charge is -2.28. The first-order chi connectivity index (χ1) is 12.7. The fourth-order valence-corrected chi connectivity index (χ4v) is 4.44. The van der Waals surface area contributed by atoms with E-state index in [9.17, 15) is 0 Å². The van der Waals surface area contributed by atoms with Crippen molar-refractivity contribution < 1.29 is 4.52 Å². The molecule has 4 heterocycles. The van der Waals surface area contributed by atoms with Crippen molar-refractivity contribution in [3.8, 4) is 10.6 Å². The van der Waals surface area contributed by atoms with Crippen molar-refractivity contribution in [3.05, 3.63) is 46.7 Å². The van der Waals surface area contributed by atoms with Crippen molar-refractivity contribution in [1.29, 1.82) is 0 Å². The Morgan fingerprint density at radius 1 is 1.31 bits per heavy atom. The van der Waals surface area contributed by atoms with E-state index >= 15 is 0 Å². The topological polar surface area (TPSA) is 47.1 Å². The maximum absolute atomic E-state index is 5.66. The van der Waals surface area contributed by atoms with Gasteiger partial charge in [0.2, 0.25) is 0 Å². The summed E-state index contributed by atoms with van der Waals surface area (Å²) >= 11 is 1.69. The van der Waals surface area contributed by atoms with E-state index < -0.39 is 0 Å². The van der Waals surface area contributed by atoms with E-state index in [0.717, 1.165) is 48.1 Å². The van der Waals surface area contributed by atoms with Gasteiger partial charge in [-0.25, -0.2) is 0 Å². The number of thiophene rings is 1. The zero-order valence-electron chi connectivity index (χ0n) is 15.5. The van der Waals surface area contributed by atoms with Gasteiger partial charge in [0.1, 0.15) is 5.69 Å². The highest BCUT2D eigenvalue weighted by Crippen LogP contribution is 2.34. The van der Waals surface area contributed by atoms with Crippen molar-refractivity contribution in [2.45, 2.75) is 58.7 Å². The minimum atomic E-state index is 0.319. The molecule has 0 bridgehead atoms. The molecule has 1 fully saturated rings. The van der Waals surface area contributed by atoms with Crippen LogP contribution in [0.3, 0.4) is 0 Å². The quantitative estimate of drug-likeness (QED) is 0.631. The molecule has 1 aliphatic rings. The van der Waals surface area contributed by atoms with Crippen molar-refractivity contribution in [3.63, 3.8) is 0 Å². The first-order valence-corrected chi connectivity index (χ1v) is 10.4. The third-order valence-corrected chi connectivity index (χ3v) is 6.13. The number of hydrogen-bond donors (Lipinski definition) is 0. The predicted octanol–water partition coefficient (Wildman–Crippen LogP) is 5.05. The Morgan fingerprint density at radius 2 is 2.23 bits per heavy atom. The Labute approximate surface area is 158 Å². The molecule has 0 radical (unpaired) electrons. The fraction of sp³-hybridized carbons (Fsp3) is 0.500. The SMILES string of the molecule is CCn1cc(CN2CCCCC[C@H]2c2cc(-c3cccs3)on2)c(C)n1. The third kappa shape index (κ3) is 3.62. The van der Waals surface area contributed by atoms with Crippen LogP contribution in [0.15, 0.2) is 34.3 Å². The Hall–Kier alpha value is -1.92. The summed E-state index contributed by atoms with van der Waals surface area (Å²) in [5, 5.41) is 11.1. The van der Waals surface area contributed by atoms with Gasteiger partial charge in [0.25, 0.3) is 0 Å². The molecular formula is C20H26N4OS. The summed E-state index contributed by atoms with van der Waals surface area (Å²) in [6, 6.07) is 6.59. The molecular weight excluding hydrogens is 344 g/mol. The van der Waals surface area contributed by atoms with Crippen LogP contribution < -0.4 is 0 Å². The first kappa shape index (κ1) is 17.5. The molecule has 6 heteroatoms. The Morgan fingerprint density at radius 3 is 3.00 bits per heavy atom. The molecule has 0 aliphatic carbocycles. The Balaban J connectivity index is 1.58. The molecule has 26 heavy (non-hydrogen) atoms. The lowest BCUT2D eigenvalue weighted by molar-refractivity contribution is 0.183. The van der Waals surface area contributed by atoms with Crippen LogP contribution in [0.25, 0.3) is 10.6 Å². The minimum absolute atomic E-state index is 0.319. The lowest BCUT2D eigenvalue weighted by atomic mass is 10.1. The predicted molar refractivity (Wildman–Crippen MR) is 104 cm³/mol. The zero-order chi connectivity index (χ0) is 17.9. The summed E-state index contributed by atoms with van der Waals surface area (Å²) in [5.74, 6) is 0.884. The van der Waals surface area contributed by atoms with Crippen molar-refractivity contribution >= 4 is 11.3 Å². The molecule has 0 unspecified atom stereocenters. The highest BCUT2D eigenvalue weighted by atomic mass is 32.1. The summed E-state index contributed by atoms with van der Waals surface area (Å²) in [4.78, 5) is 3.71. The van der Waals surface area contributed by atoms with Crippen LogP contribution in [-0.4, -0.2) is 26.4 Å². The highest BCUT2D eigenvalue weighted by Gasteiger charge is 2.27. The molecule has 0 aromatic carbocycles. The number of hydrogen-bond acceptors (Lipinski definition) is 5. The second kappa shape index (κ2) is 7.76. The largest absolute Gasteiger partial charge is 0.355 e. The summed E-state index contributed by atoms with van der Waals surface area (Å²) < 4.78 is 7.69. The zero-order valence-corrected chi connectivity index (χ0v) is 16.3. The van der Waals surface area contributed by atoms with Gasteiger partial charge in [-0.05, 0) is 44.7 Å². The Bertz CT molecular complexity index is 836. The van der Waals surface area contributed by atoms with E-state index in [1.165, 1.54) is 24.8 Å². The number of nitrogens with zero attached hydrogens (tertiary/aromatic N) is 4. The first-order valence-electron chi connectivity index (χ1n) is 9.52. The van der Waals surface area contributed by atoms with Gasteiger partial charge in [-0.3, -0.25) is 9.58 Å². The molecule has 3 aromatic heterocycles. The molecule has 0 saturated carbocycles. The summed E-state index contributed by atoms with van der Waals surface area (Å²) in [7, 11) is 0. The Kier molecular flexibility index (Phi) is 5.22. The number of aromatic nitrogens is 3. The van der Waals surface area contributed by atoms with Gasteiger partial charge < -0.3 is 4.52 Å². The van der Waals surface area contributed by atoms with E-state index in [0.29, 0.717) is 6.04 Å². The molecule has 1 saturated heterocycles. The monoisotopic (exact) mass is 370 g/mol. The molecule has 138 valence electrons. The van der Waals surface area contributed by atoms with Crippen LogP contribution in [0.1, 0.15) is 55.6 Å². The molecule has 1 atom stereocenters. The van der Waals surface area contributed by atoms with Gasteiger partial charge in [-0.2, -0.15) is 5.10 Å². The van der Waals surface area contributed by atoms with Gasteiger partial charge in [-0.1, -0.05) is 24.1 Å². The van der Waals surface area contributed by atoms with Gasteiger partial charge in [-0.15, -0.1) is 11.3 Å². The molecule has 0 N–H and O–H groups in total. The summed E-state index contributed by atoms with van der Waals surface area (Å²) in [6.07, 6.45) is 7.10. The van der Waals surface area contributed by atoms with Crippen LogP contribution in [0.2, 0.25) is 0 Å². The molecule has 4 rings (SSSR count). The van der Waals surface area contributed by atoms with Crippen LogP contribution in [0.5, 0.6) is 0 Å². The molecule has 5 nitrogen and oxygen atoms in total. The summed E-state index contributed by atoms with van der Waals surface area (Å²) in [5.41, 5.74) is 3.52. The average molecular weight is 371 g/mol. The second-order valence-electron chi connectivity index (χ2n) is 7.02. The van der Waals surface area contributed by atoms with Gasteiger partial charge in [0.05, 0.1) is 16.6 Å². The lowest BCUT2D eigenvalue weighted by Crippen LogP contribution is -2.28. The normalized spacial score (nSPS) is 18.9. The number of likely N-dealkylation sites (tertiary alicyclic amines) is 1. The van der Waals surface area contributed by atoms with E-state index in [4.69, 9.17) is 4.52 Å². The number of aryl methyl sites for hydroxylation is 2. The highest BCUT2D eigenvalue weighted by molar-refractivity contribution is 7.13. The van der Waals surface area contributed by atoms with E-state index in [2.05, 4.69) is 52.7 Å². The standard InChI is InChI=1S/C20H26N4OS/c1-3-24-14-16(15(2)21-24)13-23-10-6-4-5-8-18(23)17-12-19(25-22-17)20-9-7-11-26-20/h7,9,11-12,14,18H,3-6,8,10,13H2,1-2H3/t18-/m0/s1. The summed E-state index contributed by atoms with van der Waals surface area (Å²) in [6.45, 7) is 7.18. The fourth-order valence-electron chi connectivity index (χ4n) is 3.77. The van der Waals surface area contributed by atoms with Crippen LogP contribution in [0, 0.1) is 6.92 Å².